The maximum Gasteiger partial charge on any atom is 0.193 e. The number of aliphatic imine (C=N–C) groups is 1. The Kier molecular flexibility index (Phi) is 2.29. The van der Waals surface area contributed by atoms with Gasteiger partial charge >= 0.3 is 0 Å². The molecule has 0 aliphatic carbocycles. The summed E-state index contributed by atoms with van der Waals surface area (Å²) < 4.78 is 0. The van der Waals surface area contributed by atoms with Gasteiger partial charge in [-0.25, -0.2) is 4.99 Å². The van der Waals surface area contributed by atoms with E-state index in [0.29, 0.717) is 5.96 Å². The van der Waals surface area contributed by atoms with Gasteiger partial charge in [0.05, 0.1) is 6.04 Å². The Morgan fingerprint density at radius 2 is 2.29 bits per heavy atom. The third-order valence-electron chi connectivity index (χ3n) is 2.21. The highest BCUT2D eigenvalue weighted by Crippen LogP contribution is 2.27. The maximum absolute atomic E-state index is 5.61. The number of hydrogen-bond acceptors (Lipinski definition) is 4. The van der Waals surface area contributed by atoms with E-state index in [-0.39, 0.29) is 6.04 Å². The van der Waals surface area contributed by atoms with Crippen LogP contribution in [-0.4, -0.2) is 5.96 Å². The molecule has 2 heterocycles. The molecule has 3 nitrogen and oxygen atoms in total. The number of hydrogen-bond donors (Lipinski definition) is 2. The van der Waals surface area contributed by atoms with Crippen LogP contribution in [-0.2, 0) is 0 Å². The van der Waals surface area contributed by atoms with E-state index in [1.165, 1.54) is 15.3 Å². The Balaban J connectivity index is 2.29. The predicted molar refractivity (Wildman–Crippen MR) is 60.4 cm³/mol. The normalized spacial score (nSPS) is 20.4. The first-order valence-corrected chi connectivity index (χ1v) is 5.32. The first-order chi connectivity index (χ1) is 6.66. The second-order valence-electron chi connectivity index (χ2n) is 3.35. The summed E-state index contributed by atoms with van der Waals surface area (Å²) in [5.74, 6) is 0.487. The molecule has 1 aromatic rings. The molecule has 1 aliphatic heterocycles. The Morgan fingerprint density at radius 1 is 1.50 bits per heavy atom. The first-order valence-electron chi connectivity index (χ1n) is 4.50. The minimum absolute atomic E-state index is 0.178. The van der Waals surface area contributed by atoms with Gasteiger partial charge in [-0.3, -0.25) is 0 Å². The Hall–Kier alpha value is -1.29. The van der Waals surface area contributed by atoms with E-state index in [0.717, 1.165) is 0 Å². The van der Waals surface area contributed by atoms with Crippen molar-refractivity contribution in [3.63, 3.8) is 0 Å². The third kappa shape index (κ3) is 1.65. The zero-order chi connectivity index (χ0) is 10.1. The number of guanidine groups is 1. The summed E-state index contributed by atoms with van der Waals surface area (Å²) in [5, 5.41) is 3.13. The monoisotopic (exact) mass is 207 g/mol. The smallest absolute Gasteiger partial charge is 0.193 e. The molecule has 1 unspecified atom stereocenters. The Morgan fingerprint density at radius 3 is 2.86 bits per heavy atom. The van der Waals surface area contributed by atoms with E-state index in [9.17, 15) is 0 Å². The van der Waals surface area contributed by atoms with Crippen LogP contribution in [0.2, 0.25) is 0 Å². The van der Waals surface area contributed by atoms with Gasteiger partial charge in [-0.15, -0.1) is 11.3 Å². The van der Waals surface area contributed by atoms with Crippen molar-refractivity contribution in [2.24, 2.45) is 10.7 Å². The van der Waals surface area contributed by atoms with Gasteiger partial charge in [-0.1, -0.05) is 0 Å². The fourth-order valence-electron chi connectivity index (χ4n) is 1.59. The molecule has 0 spiro atoms. The zero-order valence-electron chi connectivity index (χ0n) is 8.24. The van der Waals surface area contributed by atoms with Crippen LogP contribution in [0, 0.1) is 13.8 Å². The van der Waals surface area contributed by atoms with Crippen molar-refractivity contribution in [1.82, 2.24) is 5.32 Å². The molecule has 4 heteroatoms. The lowest BCUT2D eigenvalue weighted by atomic mass is 10.1. The van der Waals surface area contributed by atoms with Crippen molar-refractivity contribution >= 4 is 17.3 Å². The van der Waals surface area contributed by atoms with Crippen molar-refractivity contribution < 1.29 is 0 Å². The molecule has 1 atom stereocenters. The molecular weight excluding hydrogens is 194 g/mol. The largest absolute Gasteiger partial charge is 0.370 e. The summed E-state index contributed by atoms with van der Waals surface area (Å²) in [6, 6.07) is 2.37. The van der Waals surface area contributed by atoms with Crippen molar-refractivity contribution in [2.45, 2.75) is 19.9 Å². The van der Waals surface area contributed by atoms with Crippen LogP contribution in [0.1, 0.15) is 21.4 Å². The van der Waals surface area contributed by atoms with Gasteiger partial charge in [-0.2, -0.15) is 0 Å². The zero-order valence-corrected chi connectivity index (χ0v) is 9.06. The number of thiophene rings is 1. The minimum atomic E-state index is 0.178. The van der Waals surface area contributed by atoms with E-state index in [4.69, 9.17) is 5.73 Å². The van der Waals surface area contributed by atoms with Gasteiger partial charge in [0, 0.05) is 16.0 Å². The van der Waals surface area contributed by atoms with Crippen molar-refractivity contribution in [3.8, 4) is 0 Å². The number of nitrogens with zero attached hydrogens (tertiary/aromatic N) is 1. The van der Waals surface area contributed by atoms with Crippen LogP contribution in [0.25, 0.3) is 0 Å². The highest BCUT2D eigenvalue weighted by Gasteiger charge is 2.15. The van der Waals surface area contributed by atoms with E-state index in [1.807, 2.05) is 17.4 Å². The van der Waals surface area contributed by atoms with Crippen LogP contribution < -0.4 is 11.1 Å². The summed E-state index contributed by atoms with van der Waals surface area (Å²) in [6.07, 6.45) is 3.77. The van der Waals surface area contributed by atoms with E-state index in [1.54, 1.807) is 6.20 Å². The van der Waals surface area contributed by atoms with Crippen LogP contribution in [0.15, 0.2) is 23.3 Å². The van der Waals surface area contributed by atoms with E-state index in [2.05, 4.69) is 30.2 Å². The van der Waals surface area contributed by atoms with Crippen LogP contribution in [0.4, 0.5) is 0 Å². The van der Waals surface area contributed by atoms with Gasteiger partial charge in [0.1, 0.15) is 0 Å². The fraction of sp³-hybridized carbons (Fsp3) is 0.300. The molecule has 0 bridgehead atoms. The average Bonchev–Trinajstić information content (AvgIpc) is 2.45. The molecule has 0 amide bonds. The predicted octanol–water partition coefficient (Wildman–Crippen LogP) is 1.84. The Bertz CT molecular complexity index is 403. The van der Waals surface area contributed by atoms with Crippen molar-refractivity contribution in [3.05, 3.63) is 33.7 Å². The topological polar surface area (TPSA) is 50.4 Å². The lowest BCUT2D eigenvalue weighted by Crippen LogP contribution is -2.35. The fourth-order valence-corrected chi connectivity index (χ4v) is 2.57. The quantitative estimate of drug-likeness (QED) is 0.738. The molecule has 1 aliphatic rings. The third-order valence-corrected chi connectivity index (χ3v) is 3.19. The molecule has 0 saturated carbocycles. The van der Waals surface area contributed by atoms with Gasteiger partial charge in [-0.05, 0) is 31.6 Å². The number of rotatable bonds is 1. The molecular formula is C10H13N3S. The molecule has 2 rings (SSSR count). The van der Waals surface area contributed by atoms with Gasteiger partial charge in [0.2, 0.25) is 0 Å². The van der Waals surface area contributed by atoms with Crippen LogP contribution in [0.5, 0.6) is 0 Å². The number of aryl methyl sites for hydroxylation is 2. The standard InChI is InChI=1S/C10H13N3S/c1-6-5-8(7(2)14-6)9-3-4-12-10(11)13-9/h3-5,9H,1-2H3,(H3,11,12,13). The summed E-state index contributed by atoms with van der Waals surface area (Å²) >= 11 is 1.81. The summed E-state index contributed by atoms with van der Waals surface area (Å²) in [5.41, 5.74) is 6.90. The number of nitrogens with one attached hydrogen (secondary N) is 1. The lowest BCUT2D eigenvalue weighted by molar-refractivity contribution is 0.767. The lowest BCUT2D eigenvalue weighted by Gasteiger charge is -2.17. The first kappa shape index (κ1) is 9.27. The molecule has 74 valence electrons. The molecule has 0 radical (unpaired) electrons. The van der Waals surface area contributed by atoms with Gasteiger partial charge < -0.3 is 11.1 Å². The minimum Gasteiger partial charge on any atom is -0.370 e. The highest BCUT2D eigenvalue weighted by molar-refractivity contribution is 7.12. The van der Waals surface area contributed by atoms with Gasteiger partial charge in [0.15, 0.2) is 5.96 Å². The van der Waals surface area contributed by atoms with E-state index >= 15 is 0 Å². The molecule has 0 aromatic carbocycles. The summed E-state index contributed by atoms with van der Waals surface area (Å²) in [7, 11) is 0. The number of nitrogens with two attached hydrogens (primary N) is 1. The Labute approximate surface area is 87.4 Å². The molecule has 1 aromatic heterocycles. The van der Waals surface area contributed by atoms with Crippen LogP contribution >= 0.6 is 11.3 Å². The van der Waals surface area contributed by atoms with Crippen molar-refractivity contribution in [2.75, 3.05) is 0 Å². The highest BCUT2D eigenvalue weighted by atomic mass is 32.1. The SMILES string of the molecule is Cc1cc(C2C=CN=C(N)N2)c(C)s1. The molecule has 3 N–H and O–H groups in total. The maximum atomic E-state index is 5.61. The molecule has 0 saturated heterocycles. The van der Waals surface area contributed by atoms with Crippen molar-refractivity contribution in [1.29, 1.82) is 0 Å². The molecule has 14 heavy (non-hydrogen) atoms. The van der Waals surface area contributed by atoms with Crippen LogP contribution in [0.3, 0.4) is 0 Å². The molecule has 0 fully saturated rings. The van der Waals surface area contributed by atoms with Gasteiger partial charge in [0.25, 0.3) is 0 Å². The summed E-state index contributed by atoms with van der Waals surface area (Å²) in [4.78, 5) is 6.61. The van der Waals surface area contributed by atoms with E-state index < -0.39 is 0 Å². The second-order valence-corrected chi connectivity index (χ2v) is 4.81. The second kappa shape index (κ2) is 3.46. The summed E-state index contributed by atoms with van der Waals surface area (Å²) in [6.45, 7) is 4.25. The average molecular weight is 207 g/mol.